The van der Waals surface area contributed by atoms with Crippen LogP contribution in [0.4, 0.5) is 0 Å². The first kappa shape index (κ1) is 20.8. The Hall–Kier alpha value is -3.41. The highest BCUT2D eigenvalue weighted by atomic mass is 16.6. The van der Waals surface area contributed by atoms with Crippen molar-refractivity contribution in [2.45, 2.75) is 50.7 Å². The smallest absolute Gasteiger partial charge is 0.322 e. The van der Waals surface area contributed by atoms with Gasteiger partial charge in [0, 0.05) is 29.1 Å². The van der Waals surface area contributed by atoms with Gasteiger partial charge < -0.3 is 15.0 Å². The average molecular weight is 418 g/mol. The molecule has 4 rings (SSSR count). The Balaban J connectivity index is 1.73. The van der Waals surface area contributed by atoms with Crippen LogP contribution in [0.2, 0.25) is 0 Å². The van der Waals surface area contributed by atoms with E-state index in [4.69, 9.17) is 4.74 Å². The highest BCUT2D eigenvalue weighted by molar-refractivity contribution is 6.24. The lowest BCUT2D eigenvalue weighted by Gasteiger charge is -2.30. The summed E-state index contributed by atoms with van der Waals surface area (Å²) >= 11 is 0. The molecule has 0 bridgehead atoms. The van der Waals surface area contributed by atoms with E-state index in [9.17, 15) is 14.4 Å². The van der Waals surface area contributed by atoms with Crippen LogP contribution in [-0.2, 0) is 25.5 Å². The summed E-state index contributed by atoms with van der Waals surface area (Å²) in [7, 11) is 0. The fraction of sp³-hybridized carbons (Fsp3) is 0.320. The molecule has 160 valence electrons. The number of ketones is 1. The minimum absolute atomic E-state index is 0.0857. The number of rotatable bonds is 5. The molecular formula is C25H26N2O4. The molecule has 6 nitrogen and oxygen atoms in total. The number of hydrogen-bond donors (Lipinski definition) is 2. The van der Waals surface area contributed by atoms with E-state index in [2.05, 4.69) is 10.3 Å². The van der Waals surface area contributed by atoms with Crippen molar-refractivity contribution in [3.05, 3.63) is 71.9 Å². The molecule has 2 aromatic carbocycles. The number of aromatic amines is 1. The molecule has 2 unspecified atom stereocenters. The number of cyclic esters (lactones) is 1. The third kappa shape index (κ3) is 3.85. The molecular weight excluding hydrogens is 392 g/mol. The normalized spacial score (nSPS) is 21.3. The van der Waals surface area contributed by atoms with Gasteiger partial charge >= 0.3 is 5.97 Å². The number of nitrogens with one attached hydrogen (secondary N) is 2. The van der Waals surface area contributed by atoms with Gasteiger partial charge in [-0.1, -0.05) is 48.5 Å². The minimum Gasteiger partial charge on any atom is -0.440 e. The number of amides is 1. The summed E-state index contributed by atoms with van der Waals surface area (Å²) in [5, 5.41) is 3.62. The van der Waals surface area contributed by atoms with Crippen LogP contribution in [0.1, 0.15) is 44.2 Å². The first-order chi connectivity index (χ1) is 14.7. The fourth-order valence-corrected chi connectivity index (χ4v) is 4.07. The Kier molecular flexibility index (Phi) is 5.17. The van der Waals surface area contributed by atoms with Gasteiger partial charge in [0.1, 0.15) is 5.92 Å². The van der Waals surface area contributed by atoms with E-state index in [1.807, 2.05) is 75.4 Å². The number of Topliss-reactive ketones (excluding diaryl/α,β-unsaturated/α-hetero) is 1. The monoisotopic (exact) mass is 418 g/mol. The Morgan fingerprint density at radius 1 is 1.06 bits per heavy atom. The quantitative estimate of drug-likeness (QED) is 0.489. The summed E-state index contributed by atoms with van der Waals surface area (Å²) in [4.78, 5) is 43.1. The van der Waals surface area contributed by atoms with E-state index in [0.717, 1.165) is 16.5 Å². The number of esters is 1. The van der Waals surface area contributed by atoms with Gasteiger partial charge in [-0.2, -0.15) is 0 Å². The van der Waals surface area contributed by atoms with Crippen molar-refractivity contribution >= 4 is 28.6 Å². The van der Waals surface area contributed by atoms with Crippen molar-refractivity contribution in [1.29, 1.82) is 0 Å². The summed E-state index contributed by atoms with van der Waals surface area (Å²) in [6.07, 6.45) is 2.17. The third-order valence-electron chi connectivity index (χ3n) is 5.57. The summed E-state index contributed by atoms with van der Waals surface area (Å²) in [6.45, 7) is 5.48. The molecule has 2 N–H and O–H groups in total. The number of carbonyl (C=O) groups is 3. The van der Waals surface area contributed by atoms with Gasteiger partial charge in [-0.3, -0.25) is 14.4 Å². The average Bonchev–Trinajstić information content (AvgIpc) is 3.25. The summed E-state index contributed by atoms with van der Waals surface area (Å²) < 4.78 is 5.66. The van der Waals surface area contributed by atoms with E-state index in [1.165, 1.54) is 0 Å². The molecule has 1 fully saturated rings. The van der Waals surface area contributed by atoms with Crippen LogP contribution in [0, 0.1) is 0 Å². The minimum atomic E-state index is -1.86. The lowest BCUT2D eigenvalue weighted by Crippen LogP contribution is -2.56. The second-order valence-corrected chi connectivity index (χ2v) is 9.02. The summed E-state index contributed by atoms with van der Waals surface area (Å²) in [6, 6.07) is 17.0. The fourth-order valence-electron chi connectivity index (χ4n) is 4.07. The topological polar surface area (TPSA) is 88.3 Å². The third-order valence-corrected chi connectivity index (χ3v) is 5.57. The van der Waals surface area contributed by atoms with E-state index in [0.29, 0.717) is 12.0 Å². The van der Waals surface area contributed by atoms with Crippen LogP contribution < -0.4 is 5.32 Å². The first-order valence-corrected chi connectivity index (χ1v) is 10.4. The zero-order valence-corrected chi connectivity index (χ0v) is 17.9. The van der Waals surface area contributed by atoms with E-state index < -0.39 is 34.7 Å². The number of aryl methyl sites for hydroxylation is 1. The molecule has 0 saturated carbocycles. The van der Waals surface area contributed by atoms with Gasteiger partial charge in [0.2, 0.25) is 11.4 Å². The van der Waals surface area contributed by atoms with Crippen LogP contribution in [0.3, 0.4) is 0 Å². The molecule has 0 radical (unpaired) electrons. The molecule has 1 aliphatic rings. The molecule has 1 saturated heterocycles. The van der Waals surface area contributed by atoms with E-state index >= 15 is 0 Å². The van der Waals surface area contributed by atoms with Crippen molar-refractivity contribution in [1.82, 2.24) is 10.3 Å². The van der Waals surface area contributed by atoms with Gasteiger partial charge in [-0.05, 0) is 44.4 Å². The number of H-pyrrole nitrogens is 1. The number of aromatic nitrogens is 1. The van der Waals surface area contributed by atoms with Crippen molar-refractivity contribution < 1.29 is 19.1 Å². The lowest BCUT2D eigenvalue weighted by atomic mass is 9.82. The highest BCUT2D eigenvalue weighted by Gasteiger charge is 2.60. The molecule has 1 aromatic heterocycles. The van der Waals surface area contributed by atoms with Gasteiger partial charge in [-0.15, -0.1) is 0 Å². The van der Waals surface area contributed by atoms with Crippen LogP contribution in [0.25, 0.3) is 10.9 Å². The number of fused-ring (bicyclic) bond motifs is 1. The number of para-hydroxylation sites is 1. The predicted octanol–water partition coefficient (Wildman–Crippen LogP) is 3.66. The second-order valence-electron chi connectivity index (χ2n) is 9.02. The molecule has 31 heavy (non-hydrogen) atoms. The maximum absolute atomic E-state index is 13.7. The Morgan fingerprint density at radius 2 is 1.74 bits per heavy atom. The molecule has 0 spiro atoms. The zero-order chi connectivity index (χ0) is 22.2. The van der Waals surface area contributed by atoms with Crippen molar-refractivity contribution in [2.75, 3.05) is 0 Å². The SMILES string of the molecule is CC(C)(C)NC(=O)C1(CCc2ccccc2)OC(=O)C(c2c[nH]c3ccccc23)C1=O. The molecule has 1 amide bonds. The molecule has 2 heterocycles. The summed E-state index contributed by atoms with van der Waals surface area (Å²) in [5.74, 6) is -2.92. The van der Waals surface area contributed by atoms with Crippen molar-refractivity contribution in [3.63, 3.8) is 0 Å². The van der Waals surface area contributed by atoms with Gasteiger partial charge in [-0.25, -0.2) is 0 Å². The first-order valence-electron chi connectivity index (χ1n) is 10.4. The van der Waals surface area contributed by atoms with Crippen LogP contribution in [0.15, 0.2) is 60.8 Å². The molecule has 1 aliphatic heterocycles. The molecule has 0 aliphatic carbocycles. The Labute approximate surface area is 181 Å². The Morgan fingerprint density at radius 3 is 2.45 bits per heavy atom. The number of ether oxygens (including phenoxy) is 1. The van der Waals surface area contributed by atoms with Gasteiger partial charge in [0.15, 0.2) is 0 Å². The Bertz CT molecular complexity index is 1140. The molecule has 2 atom stereocenters. The zero-order valence-electron chi connectivity index (χ0n) is 17.9. The van der Waals surface area contributed by atoms with E-state index in [-0.39, 0.29) is 6.42 Å². The largest absolute Gasteiger partial charge is 0.440 e. The number of hydrogen-bond acceptors (Lipinski definition) is 4. The maximum atomic E-state index is 13.7. The highest BCUT2D eigenvalue weighted by Crippen LogP contribution is 2.40. The van der Waals surface area contributed by atoms with Crippen molar-refractivity contribution in [2.24, 2.45) is 0 Å². The molecule has 3 aromatic rings. The predicted molar refractivity (Wildman–Crippen MR) is 118 cm³/mol. The van der Waals surface area contributed by atoms with E-state index in [1.54, 1.807) is 6.20 Å². The van der Waals surface area contributed by atoms with Crippen molar-refractivity contribution in [3.8, 4) is 0 Å². The van der Waals surface area contributed by atoms with Gasteiger partial charge in [0.25, 0.3) is 5.91 Å². The van der Waals surface area contributed by atoms with Crippen LogP contribution in [0.5, 0.6) is 0 Å². The molecule has 6 heteroatoms. The maximum Gasteiger partial charge on any atom is 0.322 e. The van der Waals surface area contributed by atoms with Crippen LogP contribution >= 0.6 is 0 Å². The standard InChI is InChI=1S/C25H26N2O4/c1-24(2,3)27-23(30)25(14-13-16-9-5-4-6-10-16)21(28)20(22(29)31-25)18-15-26-19-12-8-7-11-17(18)19/h4-12,15,20,26H,13-14H2,1-3H3,(H,27,30). The second kappa shape index (κ2) is 7.69. The van der Waals surface area contributed by atoms with Gasteiger partial charge in [0.05, 0.1) is 0 Å². The van der Waals surface area contributed by atoms with Crippen LogP contribution in [-0.4, -0.2) is 33.8 Å². The number of carbonyl (C=O) groups excluding carboxylic acids is 3. The number of benzene rings is 2. The summed E-state index contributed by atoms with van der Waals surface area (Å²) in [5.41, 5.74) is -0.120. The lowest BCUT2D eigenvalue weighted by molar-refractivity contribution is -0.163.